The lowest BCUT2D eigenvalue weighted by Crippen LogP contribution is -2.38. The standard InChI is InChI=1S/C28H31NO2/c1-19(2)21(4)25(28(31)29-24-13-9-6-10-14-24)26(22-11-7-5-8-12-22)27(30)23-17-15-20(3)16-18-23/h5-19,21,25-26H,1-4H3,(H,29,31). The van der Waals surface area contributed by atoms with Crippen molar-refractivity contribution in [1.29, 1.82) is 0 Å². The van der Waals surface area contributed by atoms with Crippen LogP contribution in [0.3, 0.4) is 0 Å². The Kier molecular flexibility index (Phi) is 7.41. The van der Waals surface area contributed by atoms with Crippen LogP contribution in [0.15, 0.2) is 84.9 Å². The van der Waals surface area contributed by atoms with Crippen molar-refractivity contribution in [3.8, 4) is 0 Å². The zero-order chi connectivity index (χ0) is 22.4. The second-order valence-electron chi connectivity index (χ2n) is 8.60. The van der Waals surface area contributed by atoms with Crippen molar-refractivity contribution in [3.05, 3.63) is 102 Å². The van der Waals surface area contributed by atoms with Gasteiger partial charge in [0, 0.05) is 11.3 Å². The van der Waals surface area contributed by atoms with E-state index in [1.165, 1.54) is 0 Å². The minimum atomic E-state index is -0.565. The van der Waals surface area contributed by atoms with Crippen LogP contribution in [0.1, 0.15) is 48.2 Å². The van der Waals surface area contributed by atoms with E-state index >= 15 is 0 Å². The first-order chi connectivity index (χ1) is 14.9. The number of hydrogen-bond donors (Lipinski definition) is 1. The van der Waals surface area contributed by atoms with Gasteiger partial charge >= 0.3 is 0 Å². The molecule has 0 saturated heterocycles. The molecule has 0 aliphatic carbocycles. The van der Waals surface area contributed by atoms with Crippen molar-refractivity contribution in [1.82, 2.24) is 0 Å². The fraction of sp³-hybridized carbons (Fsp3) is 0.286. The van der Waals surface area contributed by atoms with E-state index in [1.807, 2.05) is 91.9 Å². The highest BCUT2D eigenvalue weighted by atomic mass is 16.2. The molecule has 0 aliphatic heterocycles. The van der Waals surface area contributed by atoms with E-state index in [1.54, 1.807) is 0 Å². The van der Waals surface area contributed by atoms with Gasteiger partial charge in [0.25, 0.3) is 0 Å². The molecule has 3 rings (SSSR count). The summed E-state index contributed by atoms with van der Waals surface area (Å²) in [5.41, 5.74) is 3.34. The predicted octanol–water partition coefficient (Wildman–Crippen LogP) is 6.51. The Hall–Kier alpha value is -3.20. The molecule has 3 atom stereocenters. The lowest BCUT2D eigenvalue weighted by Gasteiger charge is -2.32. The van der Waals surface area contributed by atoms with Gasteiger partial charge in [-0.3, -0.25) is 9.59 Å². The maximum absolute atomic E-state index is 13.8. The smallest absolute Gasteiger partial charge is 0.228 e. The van der Waals surface area contributed by atoms with Gasteiger partial charge < -0.3 is 5.32 Å². The first kappa shape index (κ1) is 22.5. The molecule has 3 aromatic rings. The third-order valence-electron chi connectivity index (χ3n) is 6.10. The van der Waals surface area contributed by atoms with Crippen LogP contribution in [0.4, 0.5) is 5.69 Å². The zero-order valence-electron chi connectivity index (χ0n) is 18.7. The van der Waals surface area contributed by atoms with E-state index in [0.717, 1.165) is 16.8 Å². The summed E-state index contributed by atoms with van der Waals surface area (Å²) in [7, 11) is 0. The number of anilines is 1. The predicted molar refractivity (Wildman–Crippen MR) is 127 cm³/mol. The molecule has 0 saturated carbocycles. The van der Waals surface area contributed by atoms with Gasteiger partial charge in [-0.05, 0) is 36.5 Å². The molecule has 0 radical (unpaired) electrons. The number of hydrogen-bond acceptors (Lipinski definition) is 2. The average Bonchev–Trinajstić information content (AvgIpc) is 2.78. The maximum atomic E-state index is 13.8. The van der Waals surface area contributed by atoms with E-state index in [9.17, 15) is 9.59 Å². The molecule has 0 spiro atoms. The lowest BCUT2D eigenvalue weighted by molar-refractivity contribution is -0.122. The molecule has 1 N–H and O–H groups in total. The lowest BCUT2D eigenvalue weighted by atomic mass is 9.71. The molecule has 0 aliphatic rings. The number of benzene rings is 3. The Morgan fingerprint density at radius 3 is 1.84 bits per heavy atom. The summed E-state index contributed by atoms with van der Waals surface area (Å²) in [5.74, 6) is -0.970. The van der Waals surface area contributed by atoms with E-state index < -0.39 is 11.8 Å². The fourth-order valence-corrected chi connectivity index (χ4v) is 3.94. The fourth-order valence-electron chi connectivity index (χ4n) is 3.94. The highest BCUT2D eigenvalue weighted by molar-refractivity contribution is 6.05. The number of nitrogens with one attached hydrogen (secondary N) is 1. The SMILES string of the molecule is Cc1ccc(C(=O)C(c2ccccc2)C(C(=O)Nc2ccccc2)C(C)C(C)C)cc1. The van der Waals surface area contributed by atoms with Crippen molar-refractivity contribution < 1.29 is 9.59 Å². The largest absolute Gasteiger partial charge is 0.326 e. The Morgan fingerprint density at radius 2 is 1.29 bits per heavy atom. The molecule has 31 heavy (non-hydrogen) atoms. The van der Waals surface area contributed by atoms with Gasteiger partial charge in [-0.25, -0.2) is 0 Å². The molecule has 1 amide bonds. The highest BCUT2D eigenvalue weighted by Gasteiger charge is 2.40. The number of para-hydroxylation sites is 1. The summed E-state index contributed by atoms with van der Waals surface area (Å²) >= 11 is 0. The van der Waals surface area contributed by atoms with Crippen molar-refractivity contribution in [3.63, 3.8) is 0 Å². The summed E-state index contributed by atoms with van der Waals surface area (Å²) in [6.45, 7) is 8.27. The molecule has 0 aromatic heterocycles. The summed E-state index contributed by atoms with van der Waals surface area (Å²) in [6, 6.07) is 26.7. The number of carbonyl (C=O) groups excluding carboxylic acids is 2. The summed E-state index contributed by atoms with van der Waals surface area (Å²) in [5, 5.41) is 3.05. The van der Waals surface area contributed by atoms with Crippen LogP contribution >= 0.6 is 0 Å². The van der Waals surface area contributed by atoms with Crippen molar-refractivity contribution in [2.75, 3.05) is 5.32 Å². The Morgan fingerprint density at radius 1 is 0.742 bits per heavy atom. The number of Topliss-reactive ketones (excluding diaryl/α,β-unsaturated/α-hetero) is 1. The molecular weight excluding hydrogens is 382 g/mol. The molecule has 0 bridgehead atoms. The molecule has 0 fully saturated rings. The molecule has 160 valence electrons. The van der Waals surface area contributed by atoms with E-state index in [2.05, 4.69) is 26.1 Å². The summed E-state index contributed by atoms with van der Waals surface area (Å²) < 4.78 is 0. The maximum Gasteiger partial charge on any atom is 0.228 e. The van der Waals surface area contributed by atoms with Gasteiger partial charge in [0.1, 0.15) is 0 Å². The van der Waals surface area contributed by atoms with Crippen molar-refractivity contribution in [2.45, 2.75) is 33.6 Å². The number of rotatable bonds is 8. The normalized spacial score (nSPS) is 14.0. The van der Waals surface area contributed by atoms with Crippen LogP contribution < -0.4 is 5.32 Å². The first-order valence-corrected chi connectivity index (χ1v) is 10.9. The average molecular weight is 414 g/mol. The Balaban J connectivity index is 2.07. The van der Waals surface area contributed by atoms with E-state index in [-0.39, 0.29) is 23.5 Å². The third-order valence-corrected chi connectivity index (χ3v) is 6.10. The quantitative estimate of drug-likeness (QED) is 0.428. The molecule has 3 unspecified atom stereocenters. The van der Waals surface area contributed by atoms with Gasteiger partial charge in [-0.15, -0.1) is 0 Å². The van der Waals surface area contributed by atoms with E-state index in [0.29, 0.717) is 5.56 Å². The second-order valence-corrected chi connectivity index (χ2v) is 8.60. The van der Waals surface area contributed by atoms with Crippen molar-refractivity contribution in [2.24, 2.45) is 17.8 Å². The van der Waals surface area contributed by atoms with E-state index in [4.69, 9.17) is 0 Å². The van der Waals surface area contributed by atoms with Crippen LogP contribution in [0.25, 0.3) is 0 Å². The Labute approximate surface area is 185 Å². The first-order valence-electron chi connectivity index (χ1n) is 10.9. The number of amides is 1. The topological polar surface area (TPSA) is 46.2 Å². The van der Waals surface area contributed by atoms with Gasteiger partial charge in [0.15, 0.2) is 5.78 Å². The monoisotopic (exact) mass is 413 g/mol. The van der Waals surface area contributed by atoms with Gasteiger partial charge in [-0.1, -0.05) is 99.1 Å². The van der Waals surface area contributed by atoms with Crippen LogP contribution in [0.5, 0.6) is 0 Å². The third kappa shape index (κ3) is 5.49. The zero-order valence-corrected chi connectivity index (χ0v) is 18.7. The minimum absolute atomic E-state index is 0.00307. The van der Waals surface area contributed by atoms with Crippen LogP contribution in [0.2, 0.25) is 0 Å². The highest BCUT2D eigenvalue weighted by Crippen LogP contribution is 2.37. The number of carbonyl (C=O) groups is 2. The number of aryl methyl sites for hydroxylation is 1. The van der Waals surface area contributed by atoms with Gasteiger partial charge in [-0.2, -0.15) is 0 Å². The van der Waals surface area contributed by atoms with Crippen LogP contribution in [-0.4, -0.2) is 11.7 Å². The van der Waals surface area contributed by atoms with Crippen LogP contribution in [-0.2, 0) is 4.79 Å². The van der Waals surface area contributed by atoms with Crippen LogP contribution in [0, 0.1) is 24.7 Å². The van der Waals surface area contributed by atoms with Gasteiger partial charge in [0.2, 0.25) is 5.91 Å². The van der Waals surface area contributed by atoms with Gasteiger partial charge in [0.05, 0.1) is 11.8 Å². The molecule has 3 nitrogen and oxygen atoms in total. The Bertz CT molecular complexity index is 994. The van der Waals surface area contributed by atoms with Crippen molar-refractivity contribution >= 4 is 17.4 Å². The summed E-state index contributed by atoms with van der Waals surface area (Å²) in [4.78, 5) is 27.4. The minimum Gasteiger partial charge on any atom is -0.326 e. The summed E-state index contributed by atoms with van der Waals surface area (Å²) in [6.07, 6.45) is 0. The molecule has 0 heterocycles. The number of ketones is 1. The second kappa shape index (κ2) is 10.2. The molecule has 3 heteroatoms. The molecule has 3 aromatic carbocycles. The molecular formula is C28H31NO2.